The monoisotopic (exact) mass is 290 g/mol. The molecule has 19 heavy (non-hydrogen) atoms. The molecule has 2 rings (SSSR count). The molecule has 0 aromatic heterocycles. The van der Waals surface area contributed by atoms with Crippen LogP contribution in [0.25, 0.3) is 0 Å². The summed E-state index contributed by atoms with van der Waals surface area (Å²) in [7, 11) is -1.81. The van der Waals surface area contributed by atoms with Crippen molar-refractivity contribution < 1.29 is 13.5 Å². The highest BCUT2D eigenvalue weighted by molar-refractivity contribution is 7.87. The van der Waals surface area contributed by atoms with Gasteiger partial charge in [-0.1, -0.05) is 32.1 Å². The van der Waals surface area contributed by atoms with Crippen LogP contribution in [0.2, 0.25) is 0 Å². The Balaban J connectivity index is 1.96. The summed E-state index contributed by atoms with van der Waals surface area (Å²) in [4.78, 5) is 0. The summed E-state index contributed by atoms with van der Waals surface area (Å²) in [6.45, 7) is 0. The summed E-state index contributed by atoms with van der Waals surface area (Å²) < 4.78 is 28.9. The number of nitrogens with zero attached hydrogens (tertiary/aromatic N) is 1. The van der Waals surface area contributed by atoms with Gasteiger partial charge in [-0.25, -0.2) is 0 Å². The number of nitrogens with one attached hydrogen (secondary N) is 1. The van der Waals surface area contributed by atoms with Crippen LogP contribution in [-0.2, 0) is 10.2 Å². The summed E-state index contributed by atoms with van der Waals surface area (Å²) in [5.74, 6) is 0. The molecular weight excluding hydrogens is 264 g/mol. The molecule has 0 spiro atoms. The quantitative estimate of drug-likeness (QED) is 0.822. The minimum absolute atomic E-state index is 0.118. The van der Waals surface area contributed by atoms with Crippen LogP contribution in [0.15, 0.2) is 0 Å². The molecule has 2 aliphatic carbocycles. The molecule has 6 heteroatoms. The van der Waals surface area contributed by atoms with E-state index in [4.69, 9.17) is 0 Å². The summed E-state index contributed by atoms with van der Waals surface area (Å²) in [6, 6.07) is -0.197. The number of hydrogen-bond donors (Lipinski definition) is 2. The number of aliphatic hydroxyl groups excluding tert-OH is 1. The predicted molar refractivity (Wildman–Crippen MR) is 75.0 cm³/mol. The zero-order chi connectivity index (χ0) is 13.9. The largest absolute Gasteiger partial charge is 0.391 e. The number of aliphatic hydroxyl groups is 1. The first kappa shape index (κ1) is 15.2. The van der Waals surface area contributed by atoms with Crippen molar-refractivity contribution >= 4 is 10.2 Å². The summed E-state index contributed by atoms with van der Waals surface area (Å²) >= 11 is 0. The highest BCUT2D eigenvalue weighted by Gasteiger charge is 2.32. The van der Waals surface area contributed by atoms with Crippen molar-refractivity contribution in [3.05, 3.63) is 0 Å². The van der Waals surface area contributed by atoms with Gasteiger partial charge in [0.05, 0.1) is 6.10 Å². The van der Waals surface area contributed by atoms with Gasteiger partial charge >= 0.3 is 0 Å². The van der Waals surface area contributed by atoms with E-state index >= 15 is 0 Å². The van der Waals surface area contributed by atoms with Crippen LogP contribution < -0.4 is 4.72 Å². The molecule has 0 unspecified atom stereocenters. The maximum absolute atomic E-state index is 12.3. The molecule has 2 N–H and O–H groups in total. The molecule has 2 atom stereocenters. The van der Waals surface area contributed by atoms with E-state index in [0.29, 0.717) is 6.42 Å². The molecule has 0 aliphatic heterocycles. The first-order valence-corrected chi connectivity index (χ1v) is 8.88. The lowest BCUT2D eigenvalue weighted by molar-refractivity contribution is 0.0999. The third-order valence-electron chi connectivity index (χ3n) is 4.50. The van der Waals surface area contributed by atoms with Crippen molar-refractivity contribution in [1.29, 1.82) is 0 Å². The van der Waals surface area contributed by atoms with Gasteiger partial charge in [-0.3, -0.25) is 0 Å². The Kier molecular flexibility index (Phi) is 5.22. The maximum Gasteiger partial charge on any atom is 0.279 e. The Morgan fingerprint density at radius 2 is 1.58 bits per heavy atom. The van der Waals surface area contributed by atoms with Crippen LogP contribution in [0.3, 0.4) is 0 Å². The van der Waals surface area contributed by atoms with Gasteiger partial charge in [0.1, 0.15) is 0 Å². The third kappa shape index (κ3) is 3.90. The smallest absolute Gasteiger partial charge is 0.279 e. The number of hydrogen-bond acceptors (Lipinski definition) is 3. The van der Waals surface area contributed by atoms with Crippen molar-refractivity contribution in [2.75, 3.05) is 7.05 Å². The normalized spacial score (nSPS) is 30.7. The fourth-order valence-electron chi connectivity index (χ4n) is 3.16. The zero-order valence-corrected chi connectivity index (χ0v) is 12.5. The van der Waals surface area contributed by atoms with Gasteiger partial charge in [-0.15, -0.1) is 0 Å². The Labute approximate surface area is 116 Å². The molecular formula is C13H26N2O3S. The molecule has 0 saturated heterocycles. The zero-order valence-electron chi connectivity index (χ0n) is 11.7. The Hall–Kier alpha value is -0.170. The van der Waals surface area contributed by atoms with Crippen molar-refractivity contribution in [2.24, 2.45) is 0 Å². The van der Waals surface area contributed by atoms with Gasteiger partial charge in [0.25, 0.3) is 10.2 Å². The van der Waals surface area contributed by atoms with E-state index in [9.17, 15) is 13.5 Å². The van der Waals surface area contributed by atoms with Crippen LogP contribution in [0.1, 0.15) is 57.8 Å². The lowest BCUT2D eigenvalue weighted by atomic mass is 9.93. The average molecular weight is 290 g/mol. The molecule has 2 aliphatic rings. The second kappa shape index (κ2) is 6.52. The van der Waals surface area contributed by atoms with Gasteiger partial charge < -0.3 is 5.11 Å². The van der Waals surface area contributed by atoms with Crippen molar-refractivity contribution in [1.82, 2.24) is 9.03 Å². The summed E-state index contributed by atoms with van der Waals surface area (Å²) in [5.41, 5.74) is 0. The van der Waals surface area contributed by atoms with E-state index in [-0.39, 0.29) is 12.1 Å². The van der Waals surface area contributed by atoms with Gasteiger partial charge in [-0.05, 0) is 25.7 Å². The molecule has 5 nitrogen and oxygen atoms in total. The second-order valence-corrected chi connectivity index (χ2v) is 7.65. The first-order valence-electron chi connectivity index (χ1n) is 7.44. The first-order chi connectivity index (χ1) is 9.00. The summed E-state index contributed by atoms with van der Waals surface area (Å²) in [5, 5.41) is 9.88. The van der Waals surface area contributed by atoms with Gasteiger partial charge in [0, 0.05) is 19.1 Å². The molecule has 0 heterocycles. The molecule has 112 valence electrons. The molecule has 0 radical (unpaired) electrons. The Bertz CT molecular complexity index is 379. The fourth-order valence-corrected chi connectivity index (χ4v) is 4.59. The van der Waals surface area contributed by atoms with Gasteiger partial charge in [0.15, 0.2) is 0 Å². The minimum Gasteiger partial charge on any atom is -0.391 e. The van der Waals surface area contributed by atoms with E-state index in [0.717, 1.165) is 44.9 Å². The maximum atomic E-state index is 12.3. The average Bonchev–Trinajstić information content (AvgIpc) is 2.41. The fraction of sp³-hybridized carbons (Fsp3) is 1.00. The van der Waals surface area contributed by atoms with E-state index in [1.165, 1.54) is 10.7 Å². The third-order valence-corrected chi connectivity index (χ3v) is 6.15. The van der Waals surface area contributed by atoms with Crippen LogP contribution in [0.4, 0.5) is 0 Å². The van der Waals surface area contributed by atoms with Gasteiger partial charge in [0.2, 0.25) is 0 Å². The van der Waals surface area contributed by atoms with Crippen molar-refractivity contribution in [2.45, 2.75) is 76.0 Å². The van der Waals surface area contributed by atoms with Gasteiger partial charge in [-0.2, -0.15) is 17.4 Å². The molecule has 2 saturated carbocycles. The van der Waals surface area contributed by atoms with Crippen LogP contribution >= 0.6 is 0 Å². The van der Waals surface area contributed by atoms with Crippen LogP contribution in [0, 0.1) is 0 Å². The molecule has 0 aromatic rings. The van der Waals surface area contributed by atoms with E-state index in [1.54, 1.807) is 7.05 Å². The molecule has 2 fully saturated rings. The second-order valence-electron chi connectivity index (χ2n) is 5.89. The topological polar surface area (TPSA) is 69.6 Å². The van der Waals surface area contributed by atoms with Crippen LogP contribution in [0.5, 0.6) is 0 Å². The SMILES string of the molecule is CN(C1CCCCC1)S(=O)(=O)N[C@@H]1CCCC[C@H]1O. The lowest BCUT2D eigenvalue weighted by Crippen LogP contribution is -2.52. The van der Waals surface area contributed by atoms with E-state index in [2.05, 4.69) is 4.72 Å². The highest BCUT2D eigenvalue weighted by Crippen LogP contribution is 2.24. The number of rotatable bonds is 4. The highest BCUT2D eigenvalue weighted by atomic mass is 32.2. The minimum atomic E-state index is -3.47. The van der Waals surface area contributed by atoms with E-state index in [1.807, 2.05) is 0 Å². The Morgan fingerprint density at radius 1 is 1.00 bits per heavy atom. The lowest BCUT2D eigenvalue weighted by Gasteiger charge is -2.34. The standard InChI is InChI=1S/C13H26N2O3S/c1-15(11-7-3-2-4-8-11)19(17,18)14-12-9-5-6-10-13(12)16/h11-14,16H,2-10H2,1H3/t12-,13-/m1/s1. The molecule has 0 aromatic carbocycles. The predicted octanol–water partition coefficient (Wildman–Crippen LogP) is 1.39. The molecule has 0 amide bonds. The summed E-state index contributed by atoms with van der Waals surface area (Å²) in [6.07, 6.45) is 8.18. The van der Waals surface area contributed by atoms with Crippen LogP contribution in [-0.4, -0.2) is 43.1 Å². The Morgan fingerprint density at radius 3 is 2.21 bits per heavy atom. The van der Waals surface area contributed by atoms with E-state index < -0.39 is 16.3 Å². The molecule has 0 bridgehead atoms. The van der Waals surface area contributed by atoms with Crippen molar-refractivity contribution in [3.8, 4) is 0 Å². The van der Waals surface area contributed by atoms with Crippen molar-refractivity contribution in [3.63, 3.8) is 0 Å².